The van der Waals surface area contributed by atoms with Crippen LogP contribution in [0.25, 0.3) is 0 Å². The van der Waals surface area contributed by atoms with E-state index in [0.717, 1.165) is 11.3 Å². The zero-order valence-electron chi connectivity index (χ0n) is 15.1. The van der Waals surface area contributed by atoms with Crippen LogP contribution in [0.4, 0.5) is 5.69 Å². The Morgan fingerprint density at radius 1 is 0.846 bits per heavy atom. The Labute approximate surface area is 155 Å². The van der Waals surface area contributed by atoms with Crippen molar-refractivity contribution in [1.29, 1.82) is 0 Å². The number of amides is 1. The molecule has 3 aromatic rings. The van der Waals surface area contributed by atoms with Gasteiger partial charge >= 0.3 is 0 Å². The Bertz CT molecular complexity index is 831. The van der Waals surface area contributed by atoms with Crippen LogP contribution in [0, 0.1) is 6.92 Å². The van der Waals surface area contributed by atoms with Gasteiger partial charge in [0.05, 0.1) is 13.1 Å². The molecule has 3 heteroatoms. The first-order chi connectivity index (χ1) is 12.7. The lowest BCUT2D eigenvalue weighted by Gasteiger charge is -2.23. The first kappa shape index (κ1) is 17.9. The first-order valence-corrected chi connectivity index (χ1v) is 8.88. The van der Waals surface area contributed by atoms with Gasteiger partial charge in [-0.3, -0.25) is 4.79 Å². The van der Waals surface area contributed by atoms with Gasteiger partial charge in [-0.1, -0.05) is 78.4 Å². The number of hydrogen-bond acceptors (Lipinski definition) is 2. The summed E-state index contributed by atoms with van der Waals surface area (Å²) in [6.45, 7) is 3.62. The van der Waals surface area contributed by atoms with Gasteiger partial charge in [0, 0.05) is 12.2 Å². The maximum absolute atomic E-state index is 12.9. The molecule has 0 aliphatic carbocycles. The molecule has 0 saturated heterocycles. The van der Waals surface area contributed by atoms with Crippen LogP contribution in [-0.4, -0.2) is 12.5 Å². The van der Waals surface area contributed by atoms with Gasteiger partial charge in [-0.15, -0.1) is 0 Å². The Kier molecular flexibility index (Phi) is 6.18. The number of hydrogen-bond donors (Lipinski definition) is 1. The zero-order chi connectivity index (χ0) is 18.2. The van der Waals surface area contributed by atoms with Crippen molar-refractivity contribution in [2.45, 2.75) is 20.0 Å². The molecule has 0 aliphatic heterocycles. The van der Waals surface area contributed by atoms with E-state index in [4.69, 9.17) is 0 Å². The van der Waals surface area contributed by atoms with E-state index in [0.29, 0.717) is 19.6 Å². The first-order valence-electron chi connectivity index (χ1n) is 8.88. The van der Waals surface area contributed by atoms with Crippen molar-refractivity contribution in [2.75, 3.05) is 11.4 Å². The van der Waals surface area contributed by atoms with E-state index in [2.05, 4.69) is 30.4 Å². The molecule has 0 bridgehead atoms. The summed E-state index contributed by atoms with van der Waals surface area (Å²) in [5.74, 6) is 0.0627. The summed E-state index contributed by atoms with van der Waals surface area (Å²) in [4.78, 5) is 14.7. The normalized spacial score (nSPS) is 10.5. The molecule has 0 spiro atoms. The minimum atomic E-state index is 0.0627. The van der Waals surface area contributed by atoms with Crippen molar-refractivity contribution in [3.63, 3.8) is 0 Å². The molecule has 132 valence electrons. The second-order valence-electron chi connectivity index (χ2n) is 6.39. The summed E-state index contributed by atoms with van der Waals surface area (Å²) in [5.41, 5.74) is 4.44. The number of benzene rings is 3. The van der Waals surface area contributed by atoms with Crippen LogP contribution < -0.4 is 10.2 Å². The van der Waals surface area contributed by atoms with Crippen LogP contribution in [0.5, 0.6) is 0 Å². The maximum atomic E-state index is 12.9. The number of nitrogens with zero attached hydrogens (tertiary/aromatic N) is 1. The van der Waals surface area contributed by atoms with Crippen molar-refractivity contribution in [3.05, 3.63) is 102 Å². The molecule has 0 fully saturated rings. The van der Waals surface area contributed by atoms with E-state index in [1.165, 1.54) is 11.1 Å². The fraction of sp³-hybridized carbons (Fsp3) is 0.174. The van der Waals surface area contributed by atoms with E-state index < -0.39 is 0 Å². The zero-order valence-corrected chi connectivity index (χ0v) is 15.1. The van der Waals surface area contributed by atoms with Crippen molar-refractivity contribution in [1.82, 2.24) is 5.32 Å². The van der Waals surface area contributed by atoms with E-state index in [-0.39, 0.29) is 5.91 Å². The number of carbonyl (C=O) groups excluding carboxylic acids is 1. The van der Waals surface area contributed by atoms with Crippen molar-refractivity contribution >= 4 is 11.6 Å². The van der Waals surface area contributed by atoms with Gasteiger partial charge in [0.2, 0.25) is 5.91 Å². The molecular weight excluding hydrogens is 320 g/mol. The molecular formula is C23H24N2O. The number of para-hydroxylation sites is 1. The molecule has 1 N–H and O–H groups in total. The fourth-order valence-corrected chi connectivity index (χ4v) is 2.93. The van der Waals surface area contributed by atoms with Crippen LogP contribution in [0.1, 0.15) is 16.7 Å². The summed E-state index contributed by atoms with van der Waals surface area (Å²) in [7, 11) is 0. The van der Waals surface area contributed by atoms with E-state index in [1.807, 2.05) is 71.6 Å². The molecule has 3 rings (SSSR count). The highest BCUT2D eigenvalue weighted by molar-refractivity contribution is 5.94. The summed E-state index contributed by atoms with van der Waals surface area (Å²) < 4.78 is 0. The molecule has 1 amide bonds. The number of aryl methyl sites for hydroxylation is 1. The predicted molar refractivity (Wildman–Crippen MR) is 107 cm³/mol. The molecule has 26 heavy (non-hydrogen) atoms. The second-order valence-corrected chi connectivity index (χ2v) is 6.39. The van der Waals surface area contributed by atoms with Gasteiger partial charge in [-0.05, 0) is 30.2 Å². The second kappa shape index (κ2) is 8.97. The molecule has 0 heterocycles. The number of nitrogens with one attached hydrogen (secondary N) is 1. The number of carbonyl (C=O) groups is 1. The minimum absolute atomic E-state index is 0.0627. The van der Waals surface area contributed by atoms with Crippen LogP contribution in [0.15, 0.2) is 84.9 Å². The van der Waals surface area contributed by atoms with Crippen LogP contribution in [0.2, 0.25) is 0 Å². The molecule has 0 atom stereocenters. The average molecular weight is 344 g/mol. The SMILES string of the molecule is Cc1cccc(CNCC(=O)N(Cc2ccccc2)c2ccccc2)c1. The highest BCUT2D eigenvalue weighted by atomic mass is 16.2. The lowest BCUT2D eigenvalue weighted by molar-refractivity contribution is -0.118. The third-order valence-electron chi connectivity index (χ3n) is 4.24. The van der Waals surface area contributed by atoms with Crippen LogP contribution >= 0.6 is 0 Å². The Balaban J connectivity index is 1.66. The monoisotopic (exact) mass is 344 g/mol. The summed E-state index contributed by atoms with van der Waals surface area (Å²) >= 11 is 0. The maximum Gasteiger partial charge on any atom is 0.241 e. The quantitative estimate of drug-likeness (QED) is 0.692. The minimum Gasteiger partial charge on any atom is -0.307 e. The molecule has 0 saturated carbocycles. The molecule has 3 nitrogen and oxygen atoms in total. The van der Waals surface area contributed by atoms with Crippen LogP contribution in [-0.2, 0) is 17.9 Å². The Morgan fingerprint density at radius 2 is 1.50 bits per heavy atom. The van der Waals surface area contributed by atoms with Crippen molar-refractivity contribution in [3.8, 4) is 0 Å². The largest absolute Gasteiger partial charge is 0.307 e. The highest BCUT2D eigenvalue weighted by Gasteiger charge is 2.15. The summed E-state index contributed by atoms with van der Waals surface area (Å²) in [6, 6.07) is 28.2. The molecule has 0 aliphatic rings. The molecule has 0 radical (unpaired) electrons. The van der Waals surface area contributed by atoms with Gasteiger partial charge in [0.15, 0.2) is 0 Å². The van der Waals surface area contributed by atoms with Gasteiger partial charge in [0.1, 0.15) is 0 Å². The Morgan fingerprint density at radius 3 is 2.19 bits per heavy atom. The van der Waals surface area contributed by atoms with E-state index in [9.17, 15) is 4.79 Å². The lowest BCUT2D eigenvalue weighted by atomic mass is 10.1. The smallest absolute Gasteiger partial charge is 0.241 e. The van der Waals surface area contributed by atoms with E-state index >= 15 is 0 Å². The van der Waals surface area contributed by atoms with Gasteiger partial charge in [-0.25, -0.2) is 0 Å². The molecule has 3 aromatic carbocycles. The Hall–Kier alpha value is -2.91. The molecule has 0 unspecified atom stereocenters. The number of anilines is 1. The fourth-order valence-electron chi connectivity index (χ4n) is 2.93. The summed E-state index contributed by atoms with van der Waals surface area (Å²) in [6.07, 6.45) is 0. The lowest BCUT2D eigenvalue weighted by Crippen LogP contribution is -2.37. The topological polar surface area (TPSA) is 32.3 Å². The number of rotatable bonds is 7. The van der Waals surface area contributed by atoms with Gasteiger partial charge in [-0.2, -0.15) is 0 Å². The van der Waals surface area contributed by atoms with Gasteiger partial charge in [0.25, 0.3) is 0 Å². The third-order valence-corrected chi connectivity index (χ3v) is 4.24. The highest BCUT2D eigenvalue weighted by Crippen LogP contribution is 2.17. The van der Waals surface area contributed by atoms with E-state index in [1.54, 1.807) is 0 Å². The average Bonchev–Trinajstić information content (AvgIpc) is 2.67. The molecule has 0 aromatic heterocycles. The van der Waals surface area contributed by atoms with Crippen molar-refractivity contribution in [2.24, 2.45) is 0 Å². The summed E-state index contributed by atoms with van der Waals surface area (Å²) in [5, 5.41) is 3.27. The third kappa shape index (κ3) is 5.04. The predicted octanol–water partition coefficient (Wildman–Crippen LogP) is 4.32. The standard InChI is InChI=1S/C23H24N2O/c1-19-9-8-12-21(15-19)16-24-17-23(26)25(22-13-6-3-7-14-22)18-20-10-4-2-5-11-20/h2-15,24H,16-18H2,1H3. The van der Waals surface area contributed by atoms with Gasteiger partial charge < -0.3 is 10.2 Å². The van der Waals surface area contributed by atoms with Crippen molar-refractivity contribution < 1.29 is 4.79 Å². The van der Waals surface area contributed by atoms with Crippen LogP contribution in [0.3, 0.4) is 0 Å².